The number of nitrogens with zero attached hydrogens (tertiary/aromatic N) is 4. The monoisotopic (exact) mass is 345 g/mol. The van der Waals surface area contributed by atoms with E-state index in [1.54, 1.807) is 11.3 Å². The Bertz CT molecular complexity index is 648. The van der Waals surface area contributed by atoms with Gasteiger partial charge in [0.25, 0.3) is 0 Å². The van der Waals surface area contributed by atoms with E-state index in [9.17, 15) is 0 Å². The van der Waals surface area contributed by atoms with Crippen LogP contribution in [0.15, 0.2) is 40.8 Å². The fourth-order valence-electron chi connectivity index (χ4n) is 2.71. The predicted octanol–water partition coefficient (Wildman–Crippen LogP) is 1.31. The molecule has 3 rings (SSSR count). The number of anilines is 1. The van der Waals surface area contributed by atoms with Gasteiger partial charge in [0.15, 0.2) is 11.1 Å². The Labute approximate surface area is 146 Å². The van der Waals surface area contributed by atoms with Gasteiger partial charge in [0.2, 0.25) is 0 Å². The van der Waals surface area contributed by atoms with E-state index in [2.05, 4.69) is 19.8 Å². The number of thiazole rings is 1. The minimum atomic E-state index is 0.0817. The van der Waals surface area contributed by atoms with Crippen molar-refractivity contribution >= 4 is 22.4 Å². The van der Waals surface area contributed by atoms with Crippen LogP contribution >= 0.6 is 11.3 Å². The quantitative estimate of drug-likeness (QED) is 0.631. The van der Waals surface area contributed by atoms with Crippen molar-refractivity contribution in [2.75, 3.05) is 37.6 Å². The molecule has 1 aliphatic rings. The number of aromatic nitrogens is 1. The Morgan fingerprint density at radius 2 is 1.88 bits per heavy atom. The smallest absolute Gasteiger partial charge is 0.191 e. The number of benzene rings is 1. The number of piperazine rings is 1. The van der Waals surface area contributed by atoms with Gasteiger partial charge in [-0.3, -0.25) is 4.99 Å². The summed E-state index contributed by atoms with van der Waals surface area (Å²) in [5.41, 5.74) is 8.27. The van der Waals surface area contributed by atoms with E-state index < -0.39 is 0 Å². The first-order chi connectivity index (χ1) is 11.8. The summed E-state index contributed by atoms with van der Waals surface area (Å²) in [4.78, 5) is 13.3. The molecule has 0 aliphatic carbocycles. The van der Waals surface area contributed by atoms with Crippen molar-refractivity contribution in [1.29, 1.82) is 0 Å². The first-order valence-corrected chi connectivity index (χ1v) is 9.02. The maximum absolute atomic E-state index is 9.05. The highest BCUT2D eigenvalue weighted by Crippen LogP contribution is 2.18. The molecule has 0 saturated carbocycles. The molecule has 128 valence electrons. The molecule has 0 atom stereocenters. The molecule has 0 spiro atoms. The fraction of sp³-hybridized carbons (Fsp3) is 0.412. The van der Waals surface area contributed by atoms with E-state index in [4.69, 9.17) is 10.8 Å². The zero-order valence-corrected chi connectivity index (χ0v) is 14.5. The van der Waals surface area contributed by atoms with E-state index >= 15 is 0 Å². The minimum Gasteiger partial charge on any atom is -0.392 e. The van der Waals surface area contributed by atoms with Gasteiger partial charge in [-0.2, -0.15) is 0 Å². The highest BCUT2D eigenvalue weighted by molar-refractivity contribution is 7.13. The topological polar surface area (TPSA) is 78.0 Å². The van der Waals surface area contributed by atoms with Crippen molar-refractivity contribution in [2.45, 2.75) is 13.0 Å². The Balaban J connectivity index is 1.46. The molecule has 0 bridgehead atoms. The lowest BCUT2D eigenvalue weighted by molar-refractivity contribution is 0.282. The van der Waals surface area contributed by atoms with Gasteiger partial charge in [-0.1, -0.05) is 24.3 Å². The van der Waals surface area contributed by atoms with Crippen molar-refractivity contribution in [1.82, 2.24) is 9.88 Å². The molecular weight excluding hydrogens is 322 g/mol. The van der Waals surface area contributed by atoms with E-state index in [-0.39, 0.29) is 6.61 Å². The molecule has 1 aromatic carbocycles. The zero-order chi connectivity index (χ0) is 16.8. The van der Waals surface area contributed by atoms with Gasteiger partial charge in [0, 0.05) is 44.3 Å². The number of nitrogens with two attached hydrogens (primary N) is 1. The van der Waals surface area contributed by atoms with Crippen LogP contribution < -0.4 is 10.6 Å². The van der Waals surface area contributed by atoms with Crippen LogP contribution in [0.3, 0.4) is 0 Å². The van der Waals surface area contributed by atoms with Crippen LogP contribution in [0.1, 0.15) is 11.1 Å². The van der Waals surface area contributed by atoms with E-state index in [0.717, 1.165) is 43.3 Å². The zero-order valence-electron chi connectivity index (χ0n) is 13.6. The van der Waals surface area contributed by atoms with Gasteiger partial charge in [-0.25, -0.2) is 4.98 Å². The molecule has 24 heavy (non-hydrogen) atoms. The van der Waals surface area contributed by atoms with Crippen molar-refractivity contribution in [2.24, 2.45) is 10.7 Å². The summed E-state index contributed by atoms with van der Waals surface area (Å²) >= 11 is 1.67. The predicted molar refractivity (Wildman–Crippen MR) is 98.5 cm³/mol. The molecule has 2 aromatic rings. The van der Waals surface area contributed by atoms with Crippen molar-refractivity contribution < 1.29 is 5.11 Å². The Kier molecular flexibility index (Phi) is 5.66. The highest BCUT2D eigenvalue weighted by atomic mass is 32.1. The summed E-state index contributed by atoms with van der Waals surface area (Å²) in [7, 11) is 0. The van der Waals surface area contributed by atoms with Gasteiger partial charge >= 0.3 is 0 Å². The molecule has 1 aromatic heterocycles. The fourth-order valence-corrected chi connectivity index (χ4v) is 3.41. The lowest BCUT2D eigenvalue weighted by Gasteiger charge is -2.35. The number of hydrogen-bond donors (Lipinski definition) is 2. The molecule has 2 heterocycles. The van der Waals surface area contributed by atoms with Crippen LogP contribution in [0.4, 0.5) is 5.13 Å². The van der Waals surface area contributed by atoms with Crippen molar-refractivity contribution in [3.05, 3.63) is 47.0 Å². The summed E-state index contributed by atoms with van der Waals surface area (Å²) in [6.45, 7) is 4.36. The first kappa shape index (κ1) is 16.7. The highest BCUT2D eigenvalue weighted by Gasteiger charge is 2.19. The number of rotatable bonds is 5. The summed E-state index contributed by atoms with van der Waals surface area (Å²) in [5, 5.41) is 12.1. The lowest BCUT2D eigenvalue weighted by Crippen LogP contribution is -2.51. The first-order valence-electron chi connectivity index (χ1n) is 8.14. The number of hydrogen-bond acceptors (Lipinski definition) is 5. The minimum absolute atomic E-state index is 0.0817. The van der Waals surface area contributed by atoms with Gasteiger partial charge in [0.1, 0.15) is 0 Å². The molecule has 6 nitrogen and oxygen atoms in total. The van der Waals surface area contributed by atoms with Crippen LogP contribution in [0, 0.1) is 0 Å². The second-order valence-corrected chi connectivity index (χ2v) is 6.63. The summed E-state index contributed by atoms with van der Waals surface area (Å²) in [6, 6.07) is 7.95. The molecule has 0 unspecified atom stereocenters. The third kappa shape index (κ3) is 4.24. The average Bonchev–Trinajstić information content (AvgIpc) is 3.17. The molecular formula is C17H23N5OS. The third-order valence-corrected chi connectivity index (χ3v) is 5.01. The van der Waals surface area contributed by atoms with Crippen LogP contribution in [-0.4, -0.2) is 53.7 Å². The summed E-state index contributed by atoms with van der Waals surface area (Å²) < 4.78 is 0. The maximum atomic E-state index is 9.05. The lowest BCUT2D eigenvalue weighted by atomic mass is 10.1. The van der Waals surface area contributed by atoms with Gasteiger partial charge in [0.05, 0.1) is 6.61 Å². The standard InChI is InChI=1S/C17H23N5OS/c18-16(19-6-5-14-1-3-15(13-23)4-2-14)21-8-10-22(11-9-21)17-20-7-12-24-17/h1-4,7,12,23H,5-6,8-11,13H2,(H2,18,19). The molecule has 7 heteroatoms. The molecule has 1 aliphatic heterocycles. The van der Waals surface area contributed by atoms with Gasteiger partial charge < -0.3 is 20.6 Å². The molecule has 3 N–H and O–H groups in total. The maximum Gasteiger partial charge on any atom is 0.191 e. The number of aliphatic hydroxyl groups is 1. The van der Waals surface area contributed by atoms with Crippen molar-refractivity contribution in [3.63, 3.8) is 0 Å². The Morgan fingerprint density at radius 3 is 2.50 bits per heavy atom. The second kappa shape index (κ2) is 8.12. The Morgan fingerprint density at radius 1 is 1.17 bits per heavy atom. The average molecular weight is 345 g/mol. The molecule has 0 amide bonds. The SMILES string of the molecule is NC(=NCCc1ccc(CO)cc1)N1CCN(c2nccs2)CC1. The number of guanidine groups is 1. The summed E-state index contributed by atoms with van der Waals surface area (Å²) in [5.74, 6) is 0.626. The number of aliphatic imine (C=N–C) groups is 1. The Hall–Kier alpha value is -2.12. The molecule has 1 saturated heterocycles. The van der Waals surface area contributed by atoms with Crippen LogP contribution in [0.5, 0.6) is 0 Å². The van der Waals surface area contributed by atoms with Crippen molar-refractivity contribution in [3.8, 4) is 0 Å². The van der Waals surface area contributed by atoms with Crippen LogP contribution in [0.2, 0.25) is 0 Å². The molecule has 1 fully saturated rings. The number of aliphatic hydroxyl groups excluding tert-OH is 1. The van der Waals surface area contributed by atoms with E-state index in [1.165, 1.54) is 5.56 Å². The van der Waals surface area contributed by atoms with Crippen LogP contribution in [-0.2, 0) is 13.0 Å². The van der Waals surface area contributed by atoms with E-state index in [1.807, 2.05) is 35.8 Å². The summed E-state index contributed by atoms with van der Waals surface area (Å²) in [6.07, 6.45) is 2.70. The third-order valence-electron chi connectivity index (χ3n) is 4.17. The van der Waals surface area contributed by atoms with Gasteiger partial charge in [-0.05, 0) is 17.5 Å². The van der Waals surface area contributed by atoms with Crippen LogP contribution in [0.25, 0.3) is 0 Å². The van der Waals surface area contributed by atoms with E-state index in [0.29, 0.717) is 12.5 Å². The normalized spacial score (nSPS) is 15.8. The largest absolute Gasteiger partial charge is 0.392 e. The van der Waals surface area contributed by atoms with Gasteiger partial charge in [-0.15, -0.1) is 11.3 Å². The molecule has 0 radical (unpaired) electrons. The second-order valence-electron chi connectivity index (χ2n) is 5.75.